The lowest BCUT2D eigenvalue weighted by Gasteiger charge is -2.08. The van der Waals surface area contributed by atoms with Gasteiger partial charge in [0.1, 0.15) is 0 Å². The van der Waals surface area contributed by atoms with Gasteiger partial charge in [0.25, 0.3) is 0 Å². The molecule has 6 nitrogen and oxygen atoms in total. The van der Waals surface area contributed by atoms with Crippen molar-refractivity contribution in [3.8, 4) is 0 Å². The van der Waals surface area contributed by atoms with Gasteiger partial charge in [-0.15, -0.1) is 0 Å². The summed E-state index contributed by atoms with van der Waals surface area (Å²) >= 11 is 0. The zero-order valence-corrected chi connectivity index (χ0v) is 16.2. The Morgan fingerprint density at radius 2 is 1.79 bits per heavy atom. The van der Waals surface area contributed by atoms with Crippen molar-refractivity contribution in [1.29, 1.82) is 0 Å². The van der Waals surface area contributed by atoms with Gasteiger partial charge in [-0.3, -0.25) is 0 Å². The topological polar surface area (TPSA) is 68.9 Å². The highest BCUT2D eigenvalue weighted by atomic mass is 32.2. The van der Waals surface area contributed by atoms with Gasteiger partial charge in [0, 0.05) is 42.6 Å². The van der Waals surface area contributed by atoms with Gasteiger partial charge in [-0.25, -0.2) is 18.1 Å². The first-order chi connectivity index (χ1) is 13.6. The highest BCUT2D eigenvalue weighted by molar-refractivity contribution is 7.89. The molecule has 4 rings (SSSR count). The standard InChI is InChI=1S/C21H22N4O2S/c26-28(27,19-7-2-1-3-8-19)23-11-6-13-25-16-18(15-24-14-12-22-17-24)20-9-4-5-10-21(20)25/h1-5,7-10,12,14,16-17,23H,6,11,13,15H2. The molecule has 0 fully saturated rings. The van der Waals surface area contributed by atoms with Gasteiger partial charge in [0.05, 0.1) is 17.8 Å². The number of rotatable bonds is 8. The molecule has 0 aliphatic heterocycles. The number of hydrogen-bond donors (Lipinski definition) is 1. The van der Waals surface area contributed by atoms with E-state index in [0.717, 1.165) is 18.6 Å². The van der Waals surface area contributed by atoms with Crippen LogP contribution < -0.4 is 4.72 Å². The lowest BCUT2D eigenvalue weighted by Crippen LogP contribution is -2.25. The van der Waals surface area contributed by atoms with Crippen molar-refractivity contribution in [2.24, 2.45) is 0 Å². The Hall–Kier alpha value is -2.90. The second-order valence-corrected chi connectivity index (χ2v) is 8.43. The van der Waals surface area contributed by atoms with E-state index in [2.05, 4.69) is 32.6 Å². The molecule has 0 aliphatic rings. The lowest BCUT2D eigenvalue weighted by atomic mass is 10.2. The summed E-state index contributed by atoms with van der Waals surface area (Å²) in [5.74, 6) is 0. The highest BCUT2D eigenvalue weighted by Crippen LogP contribution is 2.22. The Labute approximate surface area is 164 Å². The molecule has 7 heteroatoms. The number of sulfonamides is 1. The monoisotopic (exact) mass is 394 g/mol. The molecule has 0 unspecified atom stereocenters. The van der Waals surface area contributed by atoms with E-state index in [-0.39, 0.29) is 0 Å². The number of para-hydroxylation sites is 1. The van der Waals surface area contributed by atoms with Crippen molar-refractivity contribution in [3.63, 3.8) is 0 Å². The van der Waals surface area contributed by atoms with Gasteiger partial charge in [-0.05, 0) is 30.2 Å². The predicted octanol–water partition coefficient (Wildman–Crippen LogP) is 3.25. The summed E-state index contributed by atoms with van der Waals surface area (Å²) in [6, 6.07) is 16.7. The third-order valence-electron chi connectivity index (χ3n) is 4.70. The van der Waals surface area contributed by atoms with Crippen LogP contribution in [0, 0.1) is 0 Å². The zero-order valence-electron chi connectivity index (χ0n) is 15.4. The van der Waals surface area contributed by atoms with Crippen molar-refractivity contribution >= 4 is 20.9 Å². The van der Waals surface area contributed by atoms with Crippen molar-refractivity contribution < 1.29 is 8.42 Å². The summed E-state index contributed by atoms with van der Waals surface area (Å²) in [7, 11) is -3.46. The minimum Gasteiger partial charge on any atom is -0.347 e. The number of benzene rings is 2. The van der Waals surface area contributed by atoms with Gasteiger partial charge in [-0.1, -0.05) is 36.4 Å². The van der Waals surface area contributed by atoms with E-state index in [4.69, 9.17) is 0 Å². The SMILES string of the molecule is O=S(=O)(NCCCn1cc(Cn2ccnc2)c2ccccc21)c1ccccc1. The minimum atomic E-state index is -3.46. The summed E-state index contributed by atoms with van der Waals surface area (Å²) in [5, 5.41) is 1.21. The second-order valence-electron chi connectivity index (χ2n) is 6.66. The van der Waals surface area contributed by atoms with Gasteiger partial charge in [-0.2, -0.15) is 0 Å². The number of hydrogen-bond acceptors (Lipinski definition) is 3. The van der Waals surface area contributed by atoms with Crippen LogP contribution in [0.4, 0.5) is 0 Å². The van der Waals surface area contributed by atoms with Crippen LogP contribution in [0.25, 0.3) is 10.9 Å². The summed E-state index contributed by atoms with van der Waals surface area (Å²) in [5.41, 5.74) is 2.38. The number of nitrogens with zero attached hydrogens (tertiary/aromatic N) is 3. The van der Waals surface area contributed by atoms with Gasteiger partial charge < -0.3 is 9.13 Å². The zero-order chi connectivity index (χ0) is 19.4. The summed E-state index contributed by atoms with van der Waals surface area (Å²) < 4.78 is 31.5. The van der Waals surface area contributed by atoms with Gasteiger partial charge in [0.2, 0.25) is 10.0 Å². The highest BCUT2D eigenvalue weighted by Gasteiger charge is 2.13. The molecule has 1 N–H and O–H groups in total. The van der Waals surface area contributed by atoms with Crippen LogP contribution in [0.1, 0.15) is 12.0 Å². The van der Waals surface area contributed by atoms with E-state index in [9.17, 15) is 8.42 Å². The maximum Gasteiger partial charge on any atom is 0.240 e. The fourth-order valence-corrected chi connectivity index (χ4v) is 4.44. The predicted molar refractivity (Wildman–Crippen MR) is 110 cm³/mol. The fourth-order valence-electron chi connectivity index (χ4n) is 3.35. The number of imidazole rings is 1. The molecule has 0 saturated carbocycles. The van der Waals surface area contributed by atoms with Crippen LogP contribution >= 0.6 is 0 Å². The molecule has 0 atom stereocenters. The Kier molecular flexibility index (Phi) is 5.27. The first-order valence-electron chi connectivity index (χ1n) is 9.21. The fraction of sp³-hybridized carbons (Fsp3) is 0.190. The Balaban J connectivity index is 1.44. The molecule has 0 radical (unpaired) electrons. The average Bonchev–Trinajstić information content (AvgIpc) is 3.35. The van der Waals surface area contributed by atoms with Gasteiger partial charge >= 0.3 is 0 Å². The largest absolute Gasteiger partial charge is 0.347 e. The summed E-state index contributed by atoms with van der Waals surface area (Å²) in [6.45, 7) is 1.89. The van der Waals surface area contributed by atoms with Crippen LogP contribution in [-0.2, 0) is 23.1 Å². The number of fused-ring (bicyclic) bond motifs is 1. The molecular formula is C21H22N4O2S. The number of aromatic nitrogens is 3. The van der Waals surface area contributed by atoms with Crippen molar-refractivity contribution in [3.05, 3.63) is 85.1 Å². The van der Waals surface area contributed by atoms with E-state index in [1.165, 1.54) is 10.9 Å². The molecule has 0 amide bonds. The molecule has 2 aromatic carbocycles. The molecule has 0 spiro atoms. The molecular weight excluding hydrogens is 372 g/mol. The Morgan fingerprint density at radius 1 is 1.00 bits per heavy atom. The normalized spacial score (nSPS) is 11.9. The van der Waals surface area contributed by atoms with E-state index < -0.39 is 10.0 Å². The van der Waals surface area contributed by atoms with E-state index in [0.29, 0.717) is 17.9 Å². The molecule has 0 saturated heterocycles. The lowest BCUT2D eigenvalue weighted by molar-refractivity contribution is 0.572. The Morgan fingerprint density at radius 3 is 2.57 bits per heavy atom. The maximum absolute atomic E-state index is 12.3. The van der Waals surface area contributed by atoms with E-state index >= 15 is 0 Å². The van der Waals surface area contributed by atoms with Gasteiger partial charge in [0.15, 0.2) is 0 Å². The summed E-state index contributed by atoms with van der Waals surface area (Å²) in [4.78, 5) is 4.40. The maximum atomic E-state index is 12.3. The number of aryl methyl sites for hydroxylation is 1. The van der Waals surface area contributed by atoms with Crippen LogP contribution in [-0.4, -0.2) is 29.1 Å². The first-order valence-corrected chi connectivity index (χ1v) is 10.7. The molecule has 28 heavy (non-hydrogen) atoms. The Bertz CT molecular complexity index is 1150. The second kappa shape index (κ2) is 8.00. The van der Waals surface area contributed by atoms with E-state index in [1.54, 1.807) is 36.5 Å². The quantitative estimate of drug-likeness (QED) is 0.467. The molecule has 4 aromatic rings. The average molecular weight is 395 g/mol. The third-order valence-corrected chi connectivity index (χ3v) is 6.18. The molecule has 144 valence electrons. The van der Waals surface area contributed by atoms with Crippen LogP contribution in [0.2, 0.25) is 0 Å². The smallest absolute Gasteiger partial charge is 0.240 e. The molecule has 2 aromatic heterocycles. The van der Waals surface area contributed by atoms with Crippen LogP contribution in [0.15, 0.2) is 84.4 Å². The van der Waals surface area contributed by atoms with E-state index in [1.807, 2.05) is 29.2 Å². The number of nitrogens with one attached hydrogen (secondary N) is 1. The molecule has 2 heterocycles. The van der Waals surface area contributed by atoms with Crippen LogP contribution in [0.3, 0.4) is 0 Å². The summed E-state index contributed by atoms with van der Waals surface area (Å²) in [6.07, 6.45) is 8.39. The first kappa shape index (κ1) is 18.5. The van der Waals surface area contributed by atoms with Crippen molar-refractivity contribution in [2.75, 3.05) is 6.54 Å². The molecule has 0 bridgehead atoms. The third kappa shape index (κ3) is 4.00. The van der Waals surface area contributed by atoms with Crippen LogP contribution in [0.5, 0.6) is 0 Å². The van der Waals surface area contributed by atoms with Crippen molar-refractivity contribution in [1.82, 2.24) is 18.8 Å². The molecule has 0 aliphatic carbocycles. The van der Waals surface area contributed by atoms with Crippen molar-refractivity contribution in [2.45, 2.75) is 24.4 Å². The minimum absolute atomic E-state index is 0.295.